The first-order valence-electron chi connectivity index (χ1n) is 6.99. The highest BCUT2D eigenvalue weighted by molar-refractivity contribution is 6.70. The van der Waals surface area contributed by atoms with Crippen LogP contribution < -0.4 is 4.43 Å². The van der Waals surface area contributed by atoms with Gasteiger partial charge in [-0.3, -0.25) is 15.0 Å². The van der Waals surface area contributed by atoms with E-state index < -0.39 is 8.32 Å². The molecule has 0 saturated carbocycles. The van der Waals surface area contributed by atoms with Crippen molar-refractivity contribution in [2.24, 2.45) is 4.99 Å². The zero-order valence-corrected chi connectivity index (χ0v) is 14.0. The van der Waals surface area contributed by atoms with Crippen molar-refractivity contribution in [1.82, 2.24) is 9.97 Å². The van der Waals surface area contributed by atoms with Crippen LogP contribution in [-0.2, 0) is 6.54 Å². The highest BCUT2D eigenvalue weighted by Crippen LogP contribution is 2.22. The van der Waals surface area contributed by atoms with Gasteiger partial charge < -0.3 is 4.43 Å². The third-order valence-electron chi connectivity index (χ3n) is 2.67. The van der Waals surface area contributed by atoms with E-state index in [2.05, 4.69) is 34.6 Å². The highest BCUT2D eigenvalue weighted by Gasteiger charge is 2.17. The molecule has 0 bridgehead atoms. The lowest BCUT2D eigenvalue weighted by molar-refractivity contribution is 0.549. The van der Waals surface area contributed by atoms with Gasteiger partial charge in [0.2, 0.25) is 8.32 Å². The van der Waals surface area contributed by atoms with Crippen molar-refractivity contribution in [3.8, 4) is 5.75 Å². The zero-order chi connectivity index (χ0) is 15.3. The number of aromatic nitrogens is 2. The van der Waals surface area contributed by atoms with Gasteiger partial charge in [0, 0.05) is 18.0 Å². The predicted octanol–water partition coefficient (Wildman–Crippen LogP) is 3.62. The van der Waals surface area contributed by atoms with E-state index in [1.54, 1.807) is 18.6 Å². The van der Waals surface area contributed by atoms with Gasteiger partial charge in [0.05, 0.1) is 24.1 Å². The minimum Gasteiger partial charge on any atom is -0.544 e. The van der Waals surface area contributed by atoms with Crippen LogP contribution in [0, 0.1) is 6.92 Å². The molecule has 0 aliphatic heterocycles. The molecule has 1 heterocycles. The van der Waals surface area contributed by atoms with Gasteiger partial charge in [-0.15, -0.1) is 0 Å². The monoisotopic (exact) mass is 299 g/mol. The molecule has 0 unspecified atom stereocenters. The minimum absolute atomic E-state index is 0.580. The van der Waals surface area contributed by atoms with Crippen molar-refractivity contribution >= 4 is 14.5 Å². The number of para-hydroxylation sites is 1. The van der Waals surface area contributed by atoms with Crippen molar-refractivity contribution < 1.29 is 4.43 Å². The summed E-state index contributed by atoms with van der Waals surface area (Å²) in [5.74, 6) is 0.934. The van der Waals surface area contributed by atoms with E-state index in [0.29, 0.717) is 6.54 Å². The summed E-state index contributed by atoms with van der Waals surface area (Å²) in [6, 6.07) is 8.06. The molecule has 110 valence electrons. The Kier molecular flexibility index (Phi) is 4.85. The summed E-state index contributed by atoms with van der Waals surface area (Å²) in [5, 5.41) is 0. The fourth-order valence-electron chi connectivity index (χ4n) is 1.77. The van der Waals surface area contributed by atoms with Crippen molar-refractivity contribution in [3.63, 3.8) is 0 Å². The van der Waals surface area contributed by atoms with Crippen LogP contribution in [0.2, 0.25) is 19.6 Å². The molecule has 0 fully saturated rings. The first-order chi connectivity index (χ1) is 9.94. The average molecular weight is 299 g/mol. The molecule has 0 aliphatic rings. The average Bonchev–Trinajstić information content (AvgIpc) is 2.41. The molecule has 1 aromatic heterocycles. The lowest BCUT2D eigenvalue weighted by Gasteiger charge is -2.21. The van der Waals surface area contributed by atoms with Crippen LogP contribution in [0.3, 0.4) is 0 Å². The molecule has 2 aromatic rings. The third-order valence-corrected chi connectivity index (χ3v) is 3.51. The van der Waals surface area contributed by atoms with Gasteiger partial charge in [-0.1, -0.05) is 18.2 Å². The van der Waals surface area contributed by atoms with Gasteiger partial charge in [0.1, 0.15) is 5.75 Å². The Morgan fingerprint density at radius 3 is 2.57 bits per heavy atom. The number of nitrogens with zero attached hydrogens (tertiary/aromatic N) is 3. The maximum absolute atomic E-state index is 6.09. The van der Waals surface area contributed by atoms with Crippen LogP contribution >= 0.6 is 0 Å². The molecular weight excluding hydrogens is 278 g/mol. The van der Waals surface area contributed by atoms with Crippen molar-refractivity contribution in [2.75, 3.05) is 0 Å². The van der Waals surface area contributed by atoms with E-state index >= 15 is 0 Å². The van der Waals surface area contributed by atoms with E-state index in [4.69, 9.17) is 4.43 Å². The summed E-state index contributed by atoms with van der Waals surface area (Å²) in [5.41, 5.74) is 2.77. The molecule has 0 saturated heterocycles. The molecule has 0 spiro atoms. The largest absolute Gasteiger partial charge is 0.544 e. The molecule has 0 amide bonds. The first kappa shape index (κ1) is 15.4. The lowest BCUT2D eigenvalue weighted by Crippen LogP contribution is -2.29. The Balaban J connectivity index is 2.07. The molecular formula is C16H21N3OSi. The fourth-order valence-corrected chi connectivity index (χ4v) is 2.63. The quantitative estimate of drug-likeness (QED) is 0.626. The molecule has 0 radical (unpaired) electrons. The maximum atomic E-state index is 6.09. The Bertz CT molecular complexity index is 618. The normalized spacial score (nSPS) is 11.8. The zero-order valence-electron chi connectivity index (χ0n) is 13.0. The van der Waals surface area contributed by atoms with Crippen LogP contribution in [0.15, 0.2) is 41.7 Å². The van der Waals surface area contributed by atoms with Crippen LogP contribution in [0.1, 0.15) is 17.0 Å². The summed E-state index contributed by atoms with van der Waals surface area (Å²) in [4.78, 5) is 12.9. The molecule has 1 aromatic carbocycles. The summed E-state index contributed by atoms with van der Waals surface area (Å²) in [7, 11) is -1.61. The number of hydrogen-bond donors (Lipinski definition) is 0. The summed E-state index contributed by atoms with van der Waals surface area (Å²) in [6.45, 7) is 9.02. The Morgan fingerprint density at radius 2 is 1.90 bits per heavy atom. The van der Waals surface area contributed by atoms with Gasteiger partial charge in [-0.25, -0.2) is 0 Å². The number of aliphatic imine (C=N–C) groups is 1. The second-order valence-electron chi connectivity index (χ2n) is 5.87. The van der Waals surface area contributed by atoms with E-state index in [-0.39, 0.29) is 0 Å². The number of benzene rings is 1. The predicted molar refractivity (Wildman–Crippen MR) is 88.5 cm³/mol. The van der Waals surface area contributed by atoms with Crippen LogP contribution in [0.4, 0.5) is 0 Å². The smallest absolute Gasteiger partial charge is 0.242 e. The number of hydrogen-bond acceptors (Lipinski definition) is 4. The number of aryl methyl sites for hydroxylation is 1. The fraction of sp³-hybridized carbons (Fsp3) is 0.312. The summed E-state index contributed by atoms with van der Waals surface area (Å²) in [6.07, 6.45) is 5.21. The molecule has 21 heavy (non-hydrogen) atoms. The second kappa shape index (κ2) is 6.63. The molecule has 0 aliphatic carbocycles. The van der Waals surface area contributed by atoms with E-state index in [0.717, 1.165) is 22.7 Å². The van der Waals surface area contributed by atoms with E-state index in [1.807, 2.05) is 31.2 Å². The second-order valence-corrected chi connectivity index (χ2v) is 10.3. The van der Waals surface area contributed by atoms with Gasteiger partial charge in [-0.2, -0.15) is 0 Å². The van der Waals surface area contributed by atoms with Crippen molar-refractivity contribution in [2.45, 2.75) is 33.1 Å². The molecule has 0 N–H and O–H groups in total. The standard InChI is InChI=1S/C16H21N3OSi/c1-13-9-19-15(12-18-13)11-17-10-14-7-5-6-8-16(14)20-21(2,3)4/h5-9,11-12H,10H2,1-4H3. The molecule has 4 nitrogen and oxygen atoms in total. The van der Waals surface area contributed by atoms with Gasteiger partial charge in [0.25, 0.3) is 0 Å². The van der Waals surface area contributed by atoms with Crippen LogP contribution in [0.25, 0.3) is 0 Å². The lowest BCUT2D eigenvalue weighted by atomic mass is 10.2. The first-order valence-corrected chi connectivity index (χ1v) is 10.4. The Hall–Kier alpha value is -2.01. The topological polar surface area (TPSA) is 47.4 Å². The van der Waals surface area contributed by atoms with E-state index in [1.165, 1.54) is 0 Å². The minimum atomic E-state index is -1.61. The van der Waals surface area contributed by atoms with Crippen LogP contribution in [-0.4, -0.2) is 24.5 Å². The Morgan fingerprint density at radius 1 is 1.14 bits per heavy atom. The summed E-state index contributed by atoms with van der Waals surface area (Å²) < 4.78 is 6.09. The molecule has 5 heteroatoms. The molecule has 2 rings (SSSR count). The van der Waals surface area contributed by atoms with Crippen molar-refractivity contribution in [1.29, 1.82) is 0 Å². The van der Waals surface area contributed by atoms with E-state index in [9.17, 15) is 0 Å². The third kappa shape index (κ3) is 5.11. The van der Waals surface area contributed by atoms with Gasteiger partial charge in [-0.05, 0) is 32.6 Å². The number of rotatable bonds is 5. The van der Waals surface area contributed by atoms with Crippen molar-refractivity contribution in [3.05, 3.63) is 53.6 Å². The molecule has 0 atom stereocenters. The van der Waals surface area contributed by atoms with Crippen LogP contribution in [0.5, 0.6) is 5.75 Å². The summed E-state index contributed by atoms with van der Waals surface area (Å²) >= 11 is 0. The maximum Gasteiger partial charge on any atom is 0.242 e. The SMILES string of the molecule is Cc1cnc(C=NCc2ccccc2O[Si](C)(C)C)cn1. The highest BCUT2D eigenvalue weighted by atomic mass is 28.4. The van der Waals surface area contributed by atoms with Gasteiger partial charge >= 0.3 is 0 Å². The Labute approximate surface area is 127 Å². The van der Waals surface area contributed by atoms with Gasteiger partial charge in [0.15, 0.2) is 0 Å².